The summed E-state index contributed by atoms with van der Waals surface area (Å²) in [4.78, 5) is 13.5. The molecule has 1 aromatic heterocycles. The monoisotopic (exact) mass is 443 g/mol. The fourth-order valence-corrected chi connectivity index (χ4v) is 5.25. The minimum atomic E-state index is -0.0428. The van der Waals surface area contributed by atoms with Crippen molar-refractivity contribution in [3.8, 4) is 16.9 Å². The van der Waals surface area contributed by atoms with Crippen molar-refractivity contribution < 1.29 is 9.53 Å². The van der Waals surface area contributed by atoms with Gasteiger partial charge in [-0.2, -0.15) is 0 Å². The topological polar surface area (TPSA) is 46.5 Å². The summed E-state index contributed by atoms with van der Waals surface area (Å²) in [6.07, 6.45) is 12.1. The predicted molar refractivity (Wildman–Crippen MR) is 126 cm³/mol. The number of amides is 1. The molecule has 1 aliphatic heterocycles. The van der Waals surface area contributed by atoms with Crippen molar-refractivity contribution in [1.82, 2.24) is 15.0 Å². The number of methoxy groups -OCH3 is 1. The lowest BCUT2D eigenvalue weighted by atomic mass is 9.89. The third kappa shape index (κ3) is 5.09. The molecule has 168 valence electrons. The molecule has 2 heterocycles. The molecule has 2 aromatic rings. The van der Waals surface area contributed by atoms with Gasteiger partial charge in [0.05, 0.1) is 12.7 Å². The van der Waals surface area contributed by atoms with Gasteiger partial charge in [-0.25, -0.2) is 5.01 Å². The first-order valence-corrected chi connectivity index (χ1v) is 12.0. The second-order valence-corrected chi connectivity index (χ2v) is 9.43. The van der Waals surface area contributed by atoms with Gasteiger partial charge in [-0.1, -0.05) is 37.3 Å². The van der Waals surface area contributed by atoms with Crippen molar-refractivity contribution in [2.75, 3.05) is 20.2 Å². The van der Waals surface area contributed by atoms with Crippen LogP contribution in [0.3, 0.4) is 0 Å². The summed E-state index contributed by atoms with van der Waals surface area (Å²) in [5.74, 6) is 1.36. The first-order valence-electron chi connectivity index (χ1n) is 11.7. The van der Waals surface area contributed by atoms with Gasteiger partial charge in [-0.05, 0) is 56.7 Å². The van der Waals surface area contributed by atoms with Gasteiger partial charge in [-0.15, -0.1) is 0 Å². The molecule has 0 bridgehead atoms. The van der Waals surface area contributed by atoms with Crippen LogP contribution in [0, 0.1) is 12.8 Å². The summed E-state index contributed by atoms with van der Waals surface area (Å²) in [6.45, 7) is 4.83. The second kappa shape index (κ2) is 10.1. The van der Waals surface area contributed by atoms with Crippen molar-refractivity contribution in [2.45, 2.75) is 64.8 Å². The number of hydrogen-bond donors (Lipinski definition) is 1. The number of hydrazine groups is 1. The van der Waals surface area contributed by atoms with Crippen LogP contribution in [-0.4, -0.2) is 35.7 Å². The SMILES string of the molecule is COc1ccc(Cl)cc1-c1cn(CC2CCCCC2)c(C)c1C(=O)NN1CCCCC1. The fraction of sp³-hybridized carbons (Fsp3) is 0.560. The number of piperidine rings is 1. The number of rotatable bonds is 6. The van der Waals surface area contributed by atoms with Gasteiger partial charge >= 0.3 is 0 Å². The van der Waals surface area contributed by atoms with E-state index in [2.05, 4.69) is 28.1 Å². The van der Waals surface area contributed by atoms with Crippen molar-refractivity contribution >= 4 is 17.5 Å². The van der Waals surface area contributed by atoms with E-state index in [0.29, 0.717) is 10.9 Å². The third-order valence-corrected chi connectivity index (χ3v) is 7.06. The molecule has 1 aliphatic carbocycles. The number of halogens is 1. The van der Waals surface area contributed by atoms with Crippen LogP contribution >= 0.6 is 11.6 Å². The molecule has 2 fully saturated rings. The molecule has 1 N–H and O–H groups in total. The highest BCUT2D eigenvalue weighted by atomic mass is 35.5. The number of carbonyl (C=O) groups excluding carboxylic acids is 1. The number of nitrogens with zero attached hydrogens (tertiary/aromatic N) is 2. The van der Waals surface area contributed by atoms with Crippen LogP contribution in [-0.2, 0) is 6.54 Å². The Morgan fingerprint density at radius 2 is 1.81 bits per heavy atom. The minimum absolute atomic E-state index is 0.0428. The summed E-state index contributed by atoms with van der Waals surface area (Å²) in [7, 11) is 1.66. The first kappa shape index (κ1) is 22.2. The number of nitrogens with one attached hydrogen (secondary N) is 1. The summed E-state index contributed by atoms with van der Waals surface area (Å²) in [5.41, 5.74) is 6.65. The summed E-state index contributed by atoms with van der Waals surface area (Å²) >= 11 is 6.34. The van der Waals surface area contributed by atoms with Crippen LogP contribution < -0.4 is 10.2 Å². The van der Waals surface area contributed by atoms with E-state index in [9.17, 15) is 4.79 Å². The molecule has 1 aromatic carbocycles. The largest absolute Gasteiger partial charge is 0.496 e. The minimum Gasteiger partial charge on any atom is -0.496 e. The number of carbonyl (C=O) groups is 1. The lowest BCUT2D eigenvalue weighted by Crippen LogP contribution is -2.45. The Balaban J connectivity index is 1.71. The van der Waals surface area contributed by atoms with Crippen LogP contribution in [0.25, 0.3) is 11.1 Å². The second-order valence-electron chi connectivity index (χ2n) is 8.99. The Morgan fingerprint density at radius 3 is 2.52 bits per heavy atom. The zero-order valence-corrected chi connectivity index (χ0v) is 19.5. The average molecular weight is 444 g/mol. The van der Waals surface area contributed by atoms with Gasteiger partial charge in [0.25, 0.3) is 5.91 Å². The van der Waals surface area contributed by atoms with Crippen molar-refractivity contribution in [3.63, 3.8) is 0 Å². The molecule has 4 rings (SSSR count). The van der Waals surface area contributed by atoms with Gasteiger partial charge in [-0.3, -0.25) is 10.2 Å². The summed E-state index contributed by atoms with van der Waals surface area (Å²) in [6, 6.07) is 5.60. The molecular formula is C25H34ClN3O2. The summed E-state index contributed by atoms with van der Waals surface area (Å²) < 4.78 is 7.90. The Labute approximate surface area is 190 Å². The van der Waals surface area contributed by atoms with Gasteiger partial charge in [0.15, 0.2) is 0 Å². The van der Waals surface area contributed by atoms with Gasteiger partial charge in [0.1, 0.15) is 5.75 Å². The van der Waals surface area contributed by atoms with Crippen LogP contribution in [0.15, 0.2) is 24.4 Å². The Kier molecular flexibility index (Phi) is 7.24. The summed E-state index contributed by atoms with van der Waals surface area (Å²) in [5, 5.41) is 2.69. The average Bonchev–Trinajstić information content (AvgIpc) is 3.11. The molecule has 31 heavy (non-hydrogen) atoms. The molecule has 2 aliphatic rings. The van der Waals surface area contributed by atoms with Crippen LogP contribution in [0.4, 0.5) is 0 Å². The Hall–Kier alpha value is -1.98. The van der Waals surface area contributed by atoms with Gasteiger partial charge < -0.3 is 9.30 Å². The van der Waals surface area contributed by atoms with E-state index in [1.54, 1.807) is 7.11 Å². The van der Waals surface area contributed by atoms with Crippen molar-refractivity contribution in [1.29, 1.82) is 0 Å². The Morgan fingerprint density at radius 1 is 1.10 bits per heavy atom. The standard InChI is InChI=1S/C25H34ClN3O2/c1-18-24(25(30)27-29-13-7-4-8-14-29)22(21-15-20(26)11-12-23(21)31-2)17-28(18)16-19-9-5-3-6-10-19/h11-12,15,17,19H,3-10,13-14,16H2,1-2H3,(H,27,30). The maximum Gasteiger partial charge on any atom is 0.268 e. The highest BCUT2D eigenvalue weighted by Gasteiger charge is 2.26. The van der Waals surface area contributed by atoms with Crippen molar-refractivity contribution in [3.05, 3.63) is 40.7 Å². The fourth-order valence-electron chi connectivity index (χ4n) is 5.08. The maximum atomic E-state index is 13.5. The molecule has 0 radical (unpaired) electrons. The third-order valence-electron chi connectivity index (χ3n) is 6.82. The normalized spacial score (nSPS) is 18.2. The molecule has 0 unspecified atom stereocenters. The molecule has 6 heteroatoms. The highest BCUT2D eigenvalue weighted by Crippen LogP contribution is 2.37. The number of aromatic nitrogens is 1. The van der Waals surface area contributed by atoms with E-state index in [1.807, 2.05) is 18.2 Å². The molecule has 5 nitrogen and oxygen atoms in total. The maximum absolute atomic E-state index is 13.5. The quantitative estimate of drug-likeness (QED) is 0.610. The molecule has 1 saturated heterocycles. The van der Waals surface area contributed by atoms with Crippen LogP contribution in [0.5, 0.6) is 5.75 Å². The highest BCUT2D eigenvalue weighted by molar-refractivity contribution is 6.31. The van der Waals surface area contributed by atoms with Gasteiger partial charge in [0, 0.05) is 47.7 Å². The van der Waals surface area contributed by atoms with E-state index >= 15 is 0 Å². The number of ether oxygens (including phenoxy) is 1. The predicted octanol–water partition coefficient (Wildman–Crippen LogP) is 5.84. The van der Waals surface area contributed by atoms with Crippen LogP contribution in [0.2, 0.25) is 5.02 Å². The lowest BCUT2D eigenvalue weighted by molar-refractivity contribution is 0.0750. The zero-order chi connectivity index (χ0) is 21.8. The van der Waals surface area contributed by atoms with Crippen LogP contribution in [0.1, 0.15) is 67.4 Å². The molecule has 1 amide bonds. The van der Waals surface area contributed by atoms with Crippen molar-refractivity contribution in [2.24, 2.45) is 5.92 Å². The van der Waals surface area contributed by atoms with E-state index in [1.165, 1.54) is 38.5 Å². The molecule has 0 spiro atoms. The molecule has 1 saturated carbocycles. The first-order chi connectivity index (χ1) is 15.1. The van der Waals surface area contributed by atoms with E-state index in [4.69, 9.17) is 16.3 Å². The van der Waals surface area contributed by atoms with E-state index in [0.717, 1.165) is 60.6 Å². The lowest BCUT2D eigenvalue weighted by Gasteiger charge is -2.27. The Bertz CT molecular complexity index is 912. The number of hydrogen-bond acceptors (Lipinski definition) is 3. The van der Waals surface area contributed by atoms with Gasteiger partial charge in [0.2, 0.25) is 0 Å². The van der Waals surface area contributed by atoms with E-state index in [-0.39, 0.29) is 5.91 Å². The smallest absolute Gasteiger partial charge is 0.268 e. The zero-order valence-electron chi connectivity index (χ0n) is 18.8. The number of benzene rings is 1. The molecular weight excluding hydrogens is 410 g/mol. The van der Waals surface area contributed by atoms with E-state index < -0.39 is 0 Å². The molecule has 0 atom stereocenters.